The minimum Gasteiger partial charge on any atom is -0.496 e. The number of carbonyl (C=O) groups excluding carboxylic acids is 1. The van der Waals surface area contributed by atoms with E-state index in [2.05, 4.69) is 19.4 Å². The molecule has 2 N–H and O–H groups in total. The molecule has 0 aliphatic heterocycles. The van der Waals surface area contributed by atoms with Gasteiger partial charge in [-0.05, 0) is 12.8 Å². The minimum absolute atomic E-state index is 0.109. The van der Waals surface area contributed by atoms with Crippen LogP contribution in [-0.4, -0.2) is 53.4 Å². The van der Waals surface area contributed by atoms with E-state index in [0.29, 0.717) is 29.4 Å². The highest BCUT2D eigenvalue weighted by molar-refractivity contribution is 5.97. The number of ether oxygens (including phenoxy) is 3. The third-order valence-corrected chi connectivity index (χ3v) is 5.41. The SMILES string of the molecule is COc1cc(OC)c(C(=O)NCC2([NH+](C)C)CCCCC2)cc1OC. The van der Waals surface area contributed by atoms with Crippen molar-refractivity contribution in [2.45, 2.75) is 37.6 Å². The van der Waals surface area contributed by atoms with Crippen LogP contribution in [0.25, 0.3) is 0 Å². The predicted molar refractivity (Wildman–Crippen MR) is 97.1 cm³/mol. The predicted octanol–water partition coefficient (Wildman–Crippen LogP) is 1.29. The minimum atomic E-state index is -0.149. The molecule has 0 radical (unpaired) electrons. The maximum atomic E-state index is 12.8. The van der Waals surface area contributed by atoms with Crippen molar-refractivity contribution < 1.29 is 23.9 Å². The van der Waals surface area contributed by atoms with Crippen molar-refractivity contribution in [3.05, 3.63) is 17.7 Å². The lowest BCUT2D eigenvalue weighted by Crippen LogP contribution is -3.16. The lowest BCUT2D eigenvalue weighted by Gasteiger charge is -2.39. The number of nitrogens with one attached hydrogen (secondary N) is 2. The number of hydrogen-bond acceptors (Lipinski definition) is 4. The molecule has 0 heterocycles. The van der Waals surface area contributed by atoms with Crippen LogP contribution in [0.1, 0.15) is 42.5 Å². The number of quaternary nitrogens is 1. The molecule has 140 valence electrons. The third kappa shape index (κ3) is 4.18. The quantitative estimate of drug-likeness (QED) is 0.777. The van der Waals surface area contributed by atoms with E-state index < -0.39 is 0 Å². The van der Waals surface area contributed by atoms with Gasteiger partial charge >= 0.3 is 0 Å². The topological polar surface area (TPSA) is 61.2 Å². The molecular formula is C19H31N2O4+. The maximum Gasteiger partial charge on any atom is 0.255 e. The Labute approximate surface area is 150 Å². The molecule has 6 heteroatoms. The second kappa shape index (κ2) is 8.43. The van der Waals surface area contributed by atoms with Crippen LogP contribution in [0.4, 0.5) is 0 Å². The summed E-state index contributed by atoms with van der Waals surface area (Å²) in [6.07, 6.45) is 6.01. The van der Waals surface area contributed by atoms with Gasteiger partial charge in [-0.15, -0.1) is 0 Å². The molecule has 0 saturated heterocycles. The first-order chi connectivity index (χ1) is 12.0. The zero-order valence-corrected chi connectivity index (χ0v) is 16.0. The molecule has 1 aromatic rings. The molecule has 6 nitrogen and oxygen atoms in total. The van der Waals surface area contributed by atoms with Crippen LogP contribution in [-0.2, 0) is 0 Å². The van der Waals surface area contributed by atoms with Gasteiger partial charge in [-0.1, -0.05) is 6.42 Å². The molecular weight excluding hydrogens is 320 g/mol. The first kappa shape index (κ1) is 19.4. The Morgan fingerprint density at radius 1 is 1.00 bits per heavy atom. The van der Waals surface area contributed by atoms with Crippen molar-refractivity contribution in [1.82, 2.24) is 5.32 Å². The van der Waals surface area contributed by atoms with Crippen LogP contribution < -0.4 is 24.4 Å². The largest absolute Gasteiger partial charge is 0.496 e. The number of hydrogen-bond donors (Lipinski definition) is 2. The molecule has 1 amide bonds. The van der Waals surface area contributed by atoms with E-state index >= 15 is 0 Å². The van der Waals surface area contributed by atoms with Gasteiger partial charge < -0.3 is 24.4 Å². The van der Waals surface area contributed by atoms with Gasteiger partial charge in [0.2, 0.25) is 0 Å². The van der Waals surface area contributed by atoms with Gasteiger partial charge in [0, 0.05) is 25.0 Å². The summed E-state index contributed by atoms with van der Waals surface area (Å²) in [4.78, 5) is 14.2. The normalized spacial score (nSPS) is 16.4. The van der Waals surface area contributed by atoms with Gasteiger partial charge in [0.25, 0.3) is 5.91 Å². The molecule has 0 spiro atoms. The Balaban J connectivity index is 2.19. The van der Waals surface area contributed by atoms with E-state index in [1.807, 2.05) is 0 Å². The van der Waals surface area contributed by atoms with Crippen molar-refractivity contribution >= 4 is 5.91 Å². The average Bonchev–Trinajstić information content (AvgIpc) is 2.65. The van der Waals surface area contributed by atoms with E-state index in [9.17, 15) is 4.79 Å². The molecule has 0 aromatic heterocycles. The molecule has 2 rings (SSSR count). The Morgan fingerprint density at radius 2 is 1.56 bits per heavy atom. The van der Waals surface area contributed by atoms with Crippen molar-refractivity contribution in [3.63, 3.8) is 0 Å². The van der Waals surface area contributed by atoms with E-state index in [-0.39, 0.29) is 11.4 Å². The first-order valence-electron chi connectivity index (χ1n) is 8.86. The van der Waals surface area contributed by atoms with Crippen LogP contribution in [0, 0.1) is 0 Å². The van der Waals surface area contributed by atoms with Crippen molar-refractivity contribution in [2.75, 3.05) is 42.0 Å². The molecule has 1 saturated carbocycles. The first-order valence-corrected chi connectivity index (χ1v) is 8.86. The zero-order valence-electron chi connectivity index (χ0n) is 16.0. The number of carbonyl (C=O) groups is 1. The lowest BCUT2D eigenvalue weighted by atomic mass is 9.80. The fourth-order valence-electron chi connectivity index (χ4n) is 3.63. The van der Waals surface area contributed by atoms with Crippen LogP contribution >= 0.6 is 0 Å². The molecule has 1 aliphatic rings. The smallest absolute Gasteiger partial charge is 0.255 e. The fourth-order valence-corrected chi connectivity index (χ4v) is 3.63. The van der Waals surface area contributed by atoms with Crippen molar-refractivity contribution in [3.8, 4) is 17.2 Å². The second-order valence-electron chi connectivity index (χ2n) is 6.93. The van der Waals surface area contributed by atoms with Crippen LogP contribution in [0.3, 0.4) is 0 Å². The number of amides is 1. The third-order valence-electron chi connectivity index (χ3n) is 5.41. The monoisotopic (exact) mass is 351 g/mol. The fraction of sp³-hybridized carbons (Fsp3) is 0.632. The summed E-state index contributed by atoms with van der Waals surface area (Å²) < 4.78 is 16.0. The van der Waals surface area contributed by atoms with Gasteiger partial charge in [0.05, 0.1) is 47.5 Å². The molecule has 1 fully saturated rings. The summed E-state index contributed by atoms with van der Waals surface area (Å²) in [5, 5.41) is 3.12. The molecule has 0 bridgehead atoms. The standard InChI is InChI=1S/C19H30N2O4/c1-21(2)19(9-7-6-8-10-19)13-20-18(22)14-11-16(24-4)17(25-5)12-15(14)23-3/h11-12H,6-10,13H2,1-5H3,(H,20,22)/p+1. The second-order valence-corrected chi connectivity index (χ2v) is 6.93. The summed E-state index contributed by atoms with van der Waals surface area (Å²) in [6.45, 7) is 0.658. The highest BCUT2D eigenvalue weighted by Crippen LogP contribution is 2.34. The summed E-state index contributed by atoms with van der Waals surface area (Å²) in [7, 11) is 9.01. The number of rotatable bonds is 7. The Morgan fingerprint density at radius 3 is 2.08 bits per heavy atom. The van der Waals surface area contributed by atoms with Crippen LogP contribution in [0.5, 0.6) is 17.2 Å². The lowest BCUT2D eigenvalue weighted by molar-refractivity contribution is -0.916. The zero-order chi connectivity index (χ0) is 18.4. The molecule has 1 aliphatic carbocycles. The van der Waals surface area contributed by atoms with Crippen molar-refractivity contribution in [1.29, 1.82) is 0 Å². The summed E-state index contributed by atoms with van der Waals surface area (Å²) in [6, 6.07) is 3.35. The van der Waals surface area contributed by atoms with Gasteiger partial charge in [0.15, 0.2) is 11.5 Å². The van der Waals surface area contributed by atoms with Crippen LogP contribution in [0.2, 0.25) is 0 Å². The Bertz CT molecular complexity index is 595. The van der Waals surface area contributed by atoms with E-state index in [4.69, 9.17) is 14.2 Å². The van der Waals surface area contributed by atoms with Gasteiger partial charge in [0.1, 0.15) is 11.3 Å². The van der Waals surface area contributed by atoms with E-state index in [1.165, 1.54) is 24.2 Å². The Hall–Kier alpha value is -1.95. The number of methoxy groups -OCH3 is 3. The maximum absolute atomic E-state index is 12.8. The molecule has 0 atom stereocenters. The number of likely N-dealkylation sites (N-methyl/N-ethyl adjacent to an activating group) is 1. The van der Waals surface area contributed by atoms with Gasteiger partial charge in [-0.3, -0.25) is 4.79 Å². The summed E-state index contributed by atoms with van der Waals surface area (Å²) in [5.41, 5.74) is 0.567. The average molecular weight is 351 g/mol. The highest BCUT2D eigenvalue weighted by Gasteiger charge is 2.38. The van der Waals surface area contributed by atoms with Crippen molar-refractivity contribution in [2.24, 2.45) is 0 Å². The highest BCUT2D eigenvalue weighted by atomic mass is 16.5. The molecule has 25 heavy (non-hydrogen) atoms. The molecule has 0 unspecified atom stereocenters. The summed E-state index contributed by atoms with van der Waals surface area (Å²) >= 11 is 0. The van der Waals surface area contributed by atoms with Gasteiger partial charge in [-0.2, -0.15) is 0 Å². The van der Waals surface area contributed by atoms with Gasteiger partial charge in [-0.25, -0.2) is 0 Å². The van der Waals surface area contributed by atoms with E-state index in [0.717, 1.165) is 12.8 Å². The Kier molecular flexibility index (Phi) is 6.53. The van der Waals surface area contributed by atoms with E-state index in [1.54, 1.807) is 33.5 Å². The summed E-state index contributed by atoms with van der Waals surface area (Å²) in [5.74, 6) is 1.38. The molecule has 1 aromatic carbocycles. The number of benzene rings is 1. The van der Waals surface area contributed by atoms with Crippen LogP contribution in [0.15, 0.2) is 12.1 Å².